The normalized spacial score (nSPS) is 14.7. The van der Waals surface area contributed by atoms with Gasteiger partial charge in [0.15, 0.2) is 0 Å². The highest BCUT2D eigenvalue weighted by molar-refractivity contribution is 5.72. The fraction of sp³-hybridized carbons (Fsp3) is 0.750. The van der Waals surface area contributed by atoms with Gasteiger partial charge < -0.3 is 15.9 Å². The topological polar surface area (TPSA) is 101 Å². The lowest BCUT2D eigenvalue weighted by atomic mass is 10.1. The zero-order valence-corrected chi connectivity index (χ0v) is 7.65. The lowest BCUT2D eigenvalue weighted by molar-refractivity contribution is -0.139. The van der Waals surface area contributed by atoms with Gasteiger partial charge in [0.2, 0.25) is 0 Å². The minimum atomic E-state index is -1.29. The molecule has 0 radical (unpaired) electrons. The van der Waals surface area contributed by atoms with Gasteiger partial charge in [0, 0.05) is 6.42 Å². The minimum Gasteiger partial charge on any atom is -0.481 e. The first-order valence-electron chi connectivity index (χ1n) is 4.27. The maximum Gasteiger partial charge on any atom is 0.320 e. The Morgan fingerprint density at radius 2 is 1.79 bits per heavy atom. The number of carbonyl (C=O) groups is 2. The second kappa shape index (κ2) is 6.31. The van der Waals surface area contributed by atoms with Crippen molar-refractivity contribution in [2.45, 2.75) is 37.9 Å². The summed E-state index contributed by atoms with van der Waals surface area (Å²) in [6.45, 7) is 0. The molecule has 5 nitrogen and oxygen atoms in total. The number of rotatable bonds is 7. The molecule has 4 N–H and O–H groups in total. The van der Waals surface area contributed by atoms with E-state index in [1.54, 1.807) is 0 Å². The van der Waals surface area contributed by atoms with Crippen LogP contribution < -0.4 is 5.73 Å². The molecular weight excluding hydrogens is 192 g/mol. The Kier molecular flexibility index (Phi) is 5.78. The molecule has 14 heavy (non-hydrogen) atoms. The predicted octanol–water partition coefficient (Wildman–Crippen LogP) is 0.381. The van der Waals surface area contributed by atoms with Crippen LogP contribution >= 0.6 is 0 Å². The molecule has 0 amide bonds. The minimum absolute atomic E-state index is 0.0131. The van der Waals surface area contributed by atoms with Crippen LogP contribution in [0.1, 0.15) is 25.7 Å². The van der Waals surface area contributed by atoms with Gasteiger partial charge in [-0.3, -0.25) is 9.59 Å². The largest absolute Gasteiger partial charge is 0.481 e. The van der Waals surface area contributed by atoms with Crippen molar-refractivity contribution in [3.8, 4) is 0 Å². The number of nitrogens with two attached hydrogens (primary N) is 1. The summed E-state index contributed by atoms with van der Waals surface area (Å²) in [4.78, 5) is 20.3. The third-order valence-electron chi connectivity index (χ3n) is 1.78. The first-order valence-corrected chi connectivity index (χ1v) is 4.27. The zero-order chi connectivity index (χ0) is 11.1. The molecule has 6 heteroatoms. The van der Waals surface area contributed by atoms with E-state index in [0.29, 0.717) is 0 Å². The Labute approximate surface area is 80.7 Å². The molecule has 0 heterocycles. The van der Waals surface area contributed by atoms with Crippen LogP contribution in [0.15, 0.2) is 0 Å². The Morgan fingerprint density at radius 3 is 2.21 bits per heavy atom. The van der Waals surface area contributed by atoms with Gasteiger partial charge in [0.05, 0.1) is 0 Å². The Morgan fingerprint density at radius 1 is 1.21 bits per heavy atom. The first kappa shape index (κ1) is 12.8. The van der Waals surface area contributed by atoms with E-state index in [9.17, 15) is 14.0 Å². The fourth-order valence-electron chi connectivity index (χ4n) is 0.908. The predicted molar refractivity (Wildman–Crippen MR) is 46.6 cm³/mol. The molecule has 0 aliphatic heterocycles. The van der Waals surface area contributed by atoms with Gasteiger partial charge in [0.1, 0.15) is 12.2 Å². The molecule has 0 rings (SSSR count). The standard InChI is InChI=1S/C8H14FNO4/c9-5(2-4-7(11)12)1-3-6(10)8(13)14/h5-6H,1-4,10H2,(H,11,12)(H,13,14)/t5-,6-/m0/s1/i9-1. The van der Waals surface area contributed by atoms with Crippen LogP contribution in [0.25, 0.3) is 0 Å². The summed E-state index contributed by atoms with van der Waals surface area (Å²) in [6.07, 6.45) is -1.63. The number of alkyl halides is 1. The zero-order valence-electron chi connectivity index (χ0n) is 7.65. The average Bonchev–Trinajstić information content (AvgIpc) is 2.10. The third-order valence-corrected chi connectivity index (χ3v) is 1.78. The van der Waals surface area contributed by atoms with Crippen molar-refractivity contribution in [3.05, 3.63) is 0 Å². The molecule has 0 aliphatic rings. The number of carboxylic acid groups (broad SMARTS) is 2. The van der Waals surface area contributed by atoms with Crippen LogP contribution in [0.4, 0.5) is 4.39 Å². The SMILES string of the molecule is N[C@@H](CC[C@H]([18F])CCC(=O)O)C(=O)O. The molecule has 0 aliphatic carbocycles. The van der Waals surface area contributed by atoms with Crippen molar-refractivity contribution >= 4 is 11.9 Å². The van der Waals surface area contributed by atoms with Crippen LogP contribution in [0.5, 0.6) is 0 Å². The summed E-state index contributed by atoms with van der Waals surface area (Å²) < 4.78 is 12.9. The van der Waals surface area contributed by atoms with Crippen LogP contribution in [-0.4, -0.2) is 34.4 Å². The fourth-order valence-corrected chi connectivity index (χ4v) is 0.908. The quantitative estimate of drug-likeness (QED) is 0.559. The molecule has 0 spiro atoms. The second-order valence-corrected chi connectivity index (χ2v) is 3.05. The smallest absolute Gasteiger partial charge is 0.320 e. The number of aliphatic carboxylic acids is 2. The van der Waals surface area contributed by atoms with E-state index in [2.05, 4.69) is 0 Å². The second-order valence-electron chi connectivity index (χ2n) is 3.05. The van der Waals surface area contributed by atoms with Gasteiger partial charge in [-0.2, -0.15) is 0 Å². The third kappa shape index (κ3) is 6.36. The number of carboxylic acids is 2. The lowest BCUT2D eigenvalue weighted by Crippen LogP contribution is -2.30. The molecule has 2 atom stereocenters. The van der Waals surface area contributed by atoms with E-state index in [0.717, 1.165) is 0 Å². The summed E-state index contributed by atoms with van der Waals surface area (Å²) in [7, 11) is 0. The molecule has 0 unspecified atom stereocenters. The van der Waals surface area contributed by atoms with E-state index in [-0.39, 0.29) is 25.7 Å². The lowest BCUT2D eigenvalue weighted by Gasteiger charge is -2.08. The number of halogens is 1. The Bertz CT molecular complexity index is 210. The number of hydrogen-bond acceptors (Lipinski definition) is 3. The van der Waals surface area contributed by atoms with Crippen LogP contribution in [-0.2, 0) is 9.59 Å². The summed E-state index contributed by atoms with van der Waals surface area (Å²) in [6, 6.07) is -1.07. The molecule has 0 saturated carbocycles. The molecule has 0 bridgehead atoms. The van der Waals surface area contributed by atoms with Gasteiger partial charge in [-0.05, 0) is 19.3 Å². The van der Waals surface area contributed by atoms with Crippen molar-refractivity contribution < 1.29 is 24.2 Å². The highest BCUT2D eigenvalue weighted by atomic mass is 18.2. The summed E-state index contributed by atoms with van der Waals surface area (Å²) in [5.41, 5.74) is 5.14. The van der Waals surface area contributed by atoms with Gasteiger partial charge >= 0.3 is 11.9 Å². The first-order chi connectivity index (χ1) is 6.43. The van der Waals surface area contributed by atoms with Crippen LogP contribution in [0.3, 0.4) is 0 Å². The van der Waals surface area contributed by atoms with Crippen LogP contribution in [0.2, 0.25) is 0 Å². The van der Waals surface area contributed by atoms with Gasteiger partial charge in [0.25, 0.3) is 0 Å². The summed E-state index contributed by atoms with van der Waals surface area (Å²) >= 11 is 0. The van der Waals surface area contributed by atoms with Crippen LogP contribution in [0, 0.1) is 0 Å². The Balaban J connectivity index is 3.58. The summed E-state index contributed by atoms with van der Waals surface area (Å²) in [5, 5.41) is 16.6. The maximum atomic E-state index is 12.9. The van der Waals surface area contributed by atoms with Gasteiger partial charge in [-0.1, -0.05) is 0 Å². The molecule has 0 saturated heterocycles. The van der Waals surface area contributed by atoms with Crippen molar-refractivity contribution in [1.82, 2.24) is 0 Å². The summed E-state index contributed by atoms with van der Waals surface area (Å²) in [5.74, 6) is -2.23. The van der Waals surface area contributed by atoms with E-state index >= 15 is 0 Å². The van der Waals surface area contributed by atoms with Crippen molar-refractivity contribution in [3.63, 3.8) is 0 Å². The average molecular weight is 206 g/mol. The van der Waals surface area contributed by atoms with Gasteiger partial charge in [-0.25, -0.2) is 4.39 Å². The highest BCUT2D eigenvalue weighted by Crippen LogP contribution is 2.10. The monoisotopic (exact) mass is 206 g/mol. The highest BCUT2D eigenvalue weighted by Gasteiger charge is 2.15. The van der Waals surface area contributed by atoms with Crippen molar-refractivity contribution in [2.75, 3.05) is 0 Å². The molecule has 0 aromatic carbocycles. The van der Waals surface area contributed by atoms with Crippen molar-refractivity contribution in [1.29, 1.82) is 0 Å². The maximum absolute atomic E-state index is 12.9. The molecule has 0 aromatic rings. The van der Waals surface area contributed by atoms with E-state index in [1.165, 1.54) is 0 Å². The number of hydrogen-bond donors (Lipinski definition) is 3. The van der Waals surface area contributed by atoms with E-state index in [4.69, 9.17) is 15.9 Å². The van der Waals surface area contributed by atoms with Gasteiger partial charge in [-0.15, -0.1) is 0 Å². The molecular formula is C8H14FNO4. The van der Waals surface area contributed by atoms with E-state index < -0.39 is 24.2 Å². The van der Waals surface area contributed by atoms with E-state index in [1.807, 2.05) is 0 Å². The molecule has 82 valence electrons. The molecule has 0 aromatic heterocycles. The molecule has 0 fully saturated rings. The Hall–Kier alpha value is -1.17. The van der Waals surface area contributed by atoms with Crippen molar-refractivity contribution in [2.24, 2.45) is 5.73 Å².